The van der Waals surface area contributed by atoms with Crippen LogP contribution in [0.3, 0.4) is 0 Å². The molecule has 16 heavy (non-hydrogen) atoms. The van der Waals surface area contributed by atoms with Gasteiger partial charge in [-0.3, -0.25) is 4.40 Å². The van der Waals surface area contributed by atoms with Gasteiger partial charge in [-0.1, -0.05) is 13.0 Å². The van der Waals surface area contributed by atoms with Gasteiger partial charge in [-0.15, -0.1) is 10.2 Å². The topological polar surface area (TPSA) is 39.4 Å². The summed E-state index contributed by atoms with van der Waals surface area (Å²) in [5, 5.41) is 8.39. The number of nitrogens with zero attached hydrogens (tertiary/aromatic N) is 3. The molecule has 2 aromatic heterocycles. The van der Waals surface area contributed by atoms with Crippen molar-refractivity contribution in [2.75, 3.05) is 6.61 Å². The maximum atomic E-state index is 5.78. The first-order valence-electron chi connectivity index (χ1n) is 5.76. The lowest BCUT2D eigenvalue weighted by Gasteiger charge is -2.25. The van der Waals surface area contributed by atoms with E-state index in [9.17, 15) is 0 Å². The van der Waals surface area contributed by atoms with E-state index in [0.29, 0.717) is 5.92 Å². The lowest BCUT2D eigenvalue weighted by Crippen LogP contribution is -2.19. The van der Waals surface area contributed by atoms with Crippen molar-refractivity contribution < 1.29 is 4.74 Å². The van der Waals surface area contributed by atoms with E-state index in [-0.39, 0.29) is 6.10 Å². The molecule has 0 aliphatic carbocycles. The van der Waals surface area contributed by atoms with Crippen LogP contribution in [0.5, 0.6) is 0 Å². The van der Waals surface area contributed by atoms with Crippen LogP contribution in [0.25, 0.3) is 5.65 Å². The Morgan fingerprint density at radius 2 is 2.31 bits per heavy atom. The summed E-state index contributed by atoms with van der Waals surface area (Å²) in [6.07, 6.45) is 4.28. The molecule has 1 aliphatic rings. The van der Waals surface area contributed by atoms with Crippen molar-refractivity contribution in [3.05, 3.63) is 30.2 Å². The van der Waals surface area contributed by atoms with E-state index in [1.807, 2.05) is 28.8 Å². The second-order valence-corrected chi connectivity index (χ2v) is 4.48. The van der Waals surface area contributed by atoms with Gasteiger partial charge in [-0.2, -0.15) is 0 Å². The molecule has 1 fully saturated rings. The van der Waals surface area contributed by atoms with Gasteiger partial charge >= 0.3 is 0 Å². The van der Waals surface area contributed by atoms with Gasteiger partial charge in [0.1, 0.15) is 6.10 Å². The number of fused-ring (bicyclic) bond motifs is 1. The number of aromatic nitrogens is 3. The van der Waals surface area contributed by atoms with E-state index in [2.05, 4.69) is 17.1 Å². The maximum absolute atomic E-state index is 5.78. The number of hydrogen-bond acceptors (Lipinski definition) is 3. The third kappa shape index (κ3) is 1.59. The zero-order valence-electron chi connectivity index (χ0n) is 9.34. The highest BCUT2D eigenvalue weighted by molar-refractivity contribution is 5.37. The number of rotatable bonds is 1. The first-order chi connectivity index (χ1) is 7.84. The third-order valence-corrected chi connectivity index (χ3v) is 3.17. The summed E-state index contributed by atoms with van der Waals surface area (Å²) in [5.41, 5.74) is 0.888. The van der Waals surface area contributed by atoms with Crippen LogP contribution in [0, 0.1) is 5.92 Å². The van der Waals surface area contributed by atoms with Gasteiger partial charge in [0.25, 0.3) is 0 Å². The molecule has 0 radical (unpaired) electrons. The van der Waals surface area contributed by atoms with E-state index in [4.69, 9.17) is 4.74 Å². The summed E-state index contributed by atoms with van der Waals surface area (Å²) < 4.78 is 7.79. The average molecular weight is 217 g/mol. The van der Waals surface area contributed by atoms with Crippen molar-refractivity contribution in [2.24, 2.45) is 5.92 Å². The van der Waals surface area contributed by atoms with Crippen LogP contribution in [0.4, 0.5) is 0 Å². The summed E-state index contributed by atoms with van der Waals surface area (Å²) in [7, 11) is 0. The molecule has 2 unspecified atom stereocenters. The minimum atomic E-state index is 0.0983. The van der Waals surface area contributed by atoms with E-state index < -0.39 is 0 Å². The SMILES string of the molecule is CC1CCOC(c2nnc3ccccn23)C1. The summed E-state index contributed by atoms with van der Waals surface area (Å²) in [6.45, 7) is 3.09. The van der Waals surface area contributed by atoms with Crippen LogP contribution in [0.1, 0.15) is 31.7 Å². The first kappa shape index (κ1) is 9.78. The number of pyridine rings is 1. The summed E-state index contributed by atoms with van der Waals surface area (Å²) in [6, 6.07) is 5.92. The fourth-order valence-electron chi connectivity index (χ4n) is 2.22. The Hall–Kier alpha value is -1.42. The number of ether oxygens (including phenoxy) is 1. The fourth-order valence-corrected chi connectivity index (χ4v) is 2.22. The Kier molecular flexibility index (Phi) is 2.36. The lowest BCUT2D eigenvalue weighted by atomic mass is 9.97. The Balaban J connectivity index is 1.99. The zero-order chi connectivity index (χ0) is 11.0. The maximum Gasteiger partial charge on any atom is 0.166 e. The van der Waals surface area contributed by atoms with Crippen molar-refractivity contribution in [2.45, 2.75) is 25.9 Å². The van der Waals surface area contributed by atoms with Gasteiger partial charge in [0, 0.05) is 12.8 Å². The van der Waals surface area contributed by atoms with E-state index in [0.717, 1.165) is 30.9 Å². The monoisotopic (exact) mass is 217 g/mol. The van der Waals surface area contributed by atoms with Crippen molar-refractivity contribution in [3.8, 4) is 0 Å². The molecule has 0 bridgehead atoms. The molecule has 1 aliphatic heterocycles. The summed E-state index contributed by atoms with van der Waals surface area (Å²) in [5.74, 6) is 1.64. The molecule has 84 valence electrons. The van der Waals surface area contributed by atoms with Crippen LogP contribution >= 0.6 is 0 Å². The molecule has 3 rings (SSSR count). The Labute approximate surface area is 94.3 Å². The Morgan fingerprint density at radius 3 is 3.19 bits per heavy atom. The number of hydrogen-bond donors (Lipinski definition) is 0. The molecule has 0 amide bonds. The average Bonchev–Trinajstić information content (AvgIpc) is 2.72. The van der Waals surface area contributed by atoms with Gasteiger partial charge in [-0.25, -0.2) is 0 Å². The normalized spacial score (nSPS) is 26.1. The summed E-state index contributed by atoms with van der Waals surface area (Å²) in [4.78, 5) is 0. The van der Waals surface area contributed by atoms with Crippen LogP contribution in [-0.2, 0) is 4.74 Å². The molecule has 0 N–H and O–H groups in total. The third-order valence-electron chi connectivity index (χ3n) is 3.17. The van der Waals surface area contributed by atoms with Gasteiger partial charge < -0.3 is 4.74 Å². The molecule has 2 atom stereocenters. The minimum absolute atomic E-state index is 0.0983. The van der Waals surface area contributed by atoms with Crippen molar-refractivity contribution in [3.63, 3.8) is 0 Å². The molecule has 0 spiro atoms. The zero-order valence-corrected chi connectivity index (χ0v) is 9.34. The van der Waals surface area contributed by atoms with E-state index in [1.165, 1.54) is 0 Å². The van der Waals surface area contributed by atoms with Crippen molar-refractivity contribution >= 4 is 5.65 Å². The smallest absolute Gasteiger partial charge is 0.166 e. The highest BCUT2D eigenvalue weighted by Crippen LogP contribution is 2.30. The Morgan fingerprint density at radius 1 is 1.38 bits per heavy atom. The van der Waals surface area contributed by atoms with Gasteiger partial charge in [0.2, 0.25) is 0 Å². The predicted molar refractivity (Wildman–Crippen MR) is 60.1 cm³/mol. The standard InChI is InChI=1S/C12H15N3O/c1-9-5-7-16-10(8-9)12-14-13-11-4-2-3-6-15(11)12/h2-4,6,9-10H,5,7-8H2,1H3. The molecule has 1 saturated heterocycles. The van der Waals surface area contributed by atoms with Crippen LogP contribution in [0.2, 0.25) is 0 Å². The Bertz CT molecular complexity index is 494. The van der Waals surface area contributed by atoms with Crippen molar-refractivity contribution in [1.82, 2.24) is 14.6 Å². The van der Waals surface area contributed by atoms with Crippen LogP contribution in [-0.4, -0.2) is 21.2 Å². The second-order valence-electron chi connectivity index (χ2n) is 4.48. The van der Waals surface area contributed by atoms with Gasteiger partial charge in [-0.05, 0) is 30.9 Å². The second kappa shape index (κ2) is 3.87. The predicted octanol–water partition coefficient (Wildman–Crippen LogP) is 2.22. The molecule has 0 saturated carbocycles. The van der Waals surface area contributed by atoms with Gasteiger partial charge in [0.15, 0.2) is 11.5 Å². The molecule has 2 aromatic rings. The van der Waals surface area contributed by atoms with Crippen LogP contribution < -0.4 is 0 Å². The quantitative estimate of drug-likeness (QED) is 0.735. The summed E-state index contributed by atoms with van der Waals surface area (Å²) >= 11 is 0. The van der Waals surface area contributed by atoms with E-state index in [1.54, 1.807) is 0 Å². The molecule has 4 nitrogen and oxygen atoms in total. The van der Waals surface area contributed by atoms with Crippen molar-refractivity contribution in [1.29, 1.82) is 0 Å². The van der Waals surface area contributed by atoms with Gasteiger partial charge in [0.05, 0.1) is 0 Å². The largest absolute Gasteiger partial charge is 0.370 e. The molecule has 3 heterocycles. The minimum Gasteiger partial charge on any atom is -0.370 e. The highest BCUT2D eigenvalue weighted by Gasteiger charge is 2.24. The first-order valence-corrected chi connectivity index (χ1v) is 5.76. The molecule has 0 aromatic carbocycles. The van der Waals surface area contributed by atoms with Crippen LogP contribution in [0.15, 0.2) is 24.4 Å². The lowest BCUT2D eigenvalue weighted by molar-refractivity contribution is -0.0119. The molecule has 4 heteroatoms. The molecular formula is C12H15N3O. The molecular weight excluding hydrogens is 202 g/mol. The fraction of sp³-hybridized carbons (Fsp3) is 0.500. The van der Waals surface area contributed by atoms with E-state index >= 15 is 0 Å². The highest BCUT2D eigenvalue weighted by atomic mass is 16.5.